The van der Waals surface area contributed by atoms with E-state index in [0.717, 1.165) is 16.6 Å². The third kappa shape index (κ3) is 1.54. The SMILES string of the molecule is Nc1cccc2ccc(C3CCCC3)nc12. The van der Waals surface area contributed by atoms with Gasteiger partial charge in [0.15, 0.2) is 0 Å². The molecular weight excluding hydrogens is 196 g/mol. The average molecular weight is 212 g/mol. The van der Waals surface area contributed by atoms with Crippen molar-refractivity contribution in [2.45, 2.75) is 31.6 Å². The Bertz CT molecular complexity index is 513. The first-order valence-electron chi connectivity index (χ1n) is 6.00. The van der Waals surface area contributed by atoms with Crippen LogP contribution in [-0.2, 0) is 0 Å². The molecule has 82 valence electrons. The van der Waals surface area contributed by atoms with Crippen LogP contribution in [0, 0.1) is 0 Å². The van der Waals surface area contributed by atoms with Crippen molar-refractivity contribution in [3.05, 3.63) is 36.0 Å². The second kappa shape index (κ2) is 3.78. The normalized spacial score (nSPS) is 17.0. The summed E-state index contributed by atoms with van der Waals surface area (Å²) in [5.41, 5.74) is 8.94. The summed E-state index contributed by atoms with van der Waals surface area (Å²) in [4.78, 5) is 4.73. The molecule has 1 aromatic heterocycles. The monoisotopic (exact) mass is 212 g/mol. The number of nitrogens with two attached hydrogens (primary N) is 1. The molecule has 0 spiro atoms. The lowest BCUT2D eigenvalue weighted by atomic mass is 10.0. The fraction of sp³-hybridized carbons (Fsp3) is 0.357. The Hall–Kier alpha value is -1.57. The van der Waals surface area contributed by atoms with Gasteiger partial charge >= 0.3 is 0 Å². The summed E-state index contributed by atoms with van der Waals surface area (Å²) in [6.07, 6.45) is 5.25. The van der Waals surface area contributed by atoms with Crippen LogP contribution in [-0.4, -0.2) is 4.98 Å². The molecule has 1 aliphatic carbocycles. The number of rotatable bonds is 1. The van der Waals surface area contributed by atoms with Crippen LogP contribution < -0.4 is 5.73 Å². The van der Waals surface area contributed by atoms with Crippen molar-refractivity contribution < 1.29 is 0 Å². The van der Waals surface area contributed by atoms with Crippen molar-refractivity contribution in [1.29, 1.82) is 0 Å². The maximum Gasteiger partial charge on any atom is 0.0934 e. The second-order valence-corrected chi connectivity index (χ2v) is 4.64. The number of aromatic nitrogens is 1. The average Bonchev–Trinajstić information content (AvgIpc) is 2.83. The molecule has 0 bridgehead atoms. The zero-order chi connectivity index (χ0) is 11.0. The van der Waals surface area contributed by atoms with Gasteiger partial charge in [-0.25, -0.2) is 0 Å². The summed E-state index contributed by atoms with van der Waals surface area (Å²) in [6.45, 7) is 0. The highest BCUT2D eigenvalue weighted by Crippen LogP contribution is 2.34. The van der Waals surface area contributed by atoms with E-state index in [2.05, 4.69) is 18.2 Å². The molecule has 0 amide bonds. The van der Waals surface area contributed by atoms with Gasteiger partial charge in [-0.3, -0.25) is 4.98 Å². The van der Waals surface area contributed by atoms with E-state index in [1.54, 1.807) is 0 Å². The first kappa shape index (κ1) is 9.64. The minimum atomic E-state index is 0.656. The van der Waals surface area contributed by atoms with Crippen LogP contribution in [0.2, 0.25) is 0 Å². The maximum absolute atomic E-state index is 5.96. The van der Waals surface area contributed by atoms with Crippen molar-refractivity contribution in [1.82, 2.24) is 4.98 Å². The summed E-state index contributed by atoms with van der Waals surface area (Å²) in [5, 5.41) is 1.14. The number of pyridine rings is 1. The number of benzene rings is 1. The van der Waals surface area contributed by atoms with E-state index in [9.17, 15) is 0 Å². The molecule has 16 heavy (non-hydrogen) atoms. The van der Waals surface area contributed by atoms with Crippen LogP contribution in [0.25, 0.3) is 10.9 Å². The summed E-state index contributed by atoms with van der Waals surface area (Å²) in [5.74, 6) is 0.656. The van der Waals surface area contributed by atoms with Crippen molar-refractivity contribution in [3.63, 3.8) is 0 Å². The Labute approximate surface area is 95.5 Å². The lowest BCUT2D eigenvalue weighted by Gasteiger charge is -2.10. The van der Waals surface area contributed by atoms with Gasteiger partial charge in [0.25, 0.3) is 0 Å². The molecule has 3 rings (SSSR count). The molecule has 0 saturated heterocycles. The Balaban J connectivity index is 2.10. The second-order valence-electron chi connectivity index (χ2n) is 4.64. The van der Waals surface area contributed by atoms with E-state index in [-0.39, 0.29) is 0 Å². The summed E-state index contributed by atoms with van der Waals surface area (Å²) in [6, 6.07) is 10.3. The molecule has 1 heterocycles. The fourth-order valence-electron chi connectivity index (χ4n) is 2.63. The number of para-hydroxylation sites is 1. The van der Waals surface area contributed by atoms with Crippen LogP contribution in [0.1, 0.15) is 37.3 Å². The zero-order valence-corrected chi connectivity index (χ0v) is 9.32. The number of anilines is 1. The number of nitrogens with zero attached hydrogens (tertiary/aromatic N) is 1. The van der Waals surface area contributed by atoms with Gasteiger partial charge in [-0.15, -0.1) is 0 Å². The van der Waals surface area contributed by atoms with Crippen molar-refractivity contribution in [2.24, 2.45) is 0 Å². The predicted octanol–water partition coefficient (Wildman–Crippen LogP) is 3.47. The summed E-state index contributed by atoms with van der Waals surface area (Å²) in [7, 11) is 0. The van der Waals surface area contributed by atoms with Crippen molar-refractivity contribution in [3.8, 4) is 0 Å². The molecule has 0 atom stereocenters. The van der Waals surface area contributed by atoms with Gasteiger partial charge in [-0.1, -0.05) is 31.0 Å². The zero-order valence-electron chi connectivity index (χ0n) is 9.32. The molecule has 2 nitrogen and oxygen atoms in total. The molecule has 1 aliphatic rings. The molecule has 0 aliphatic heterocycles. The van der Waals surface area contributed by atoms with Crippen LogP contribution in [0.5, 0.6) is 0 Å². The highest BCUT2D eigenvalue weighted by molar-refractivity contribution is 5.89. The van der Waals surface area contributed by atoms with E-state index in [4.69, 9.17) is 10.7 Å². The Morgan fingerprint density at radius 3 is 2.69 bits per heavy atom. The molecule has 1 aromatic carbocycles. The van der Waals surface area contributed by atoms with Gasteiger partial charge < -0.3 is 5.73 Å². The molecule has 0 radical (unpaired) electrons. The third-order valence-electron chi connectivity index (χ3n) is 3.55. The van der Waals surface area contributed by atoms with Crippen molar-refractivity contribution in [2.75, 3.05) is 5.73 Å². The first-order valence-corrected chi connectivity index (χ1v) is 6.00. The minimum absolute atomic E-state index is 0.656. The smallest absolute Gasteiger partial charge is 0.0934 e. The Kier molecular flexibility index (Phi) is 2.28. The van der Waals surface area contributed by atoms with Crippen LogP contribution >= 0.6 is 0 Å². The molecule has 2 aromatic rings. The largest absolute Gasteiger partial charge is 0.397 e. The van der Waals surface area contributed by atoms with Gasteiger partial charge in [0.2, 0.25) is 0 Å². The Morgan fingerprint density at radius 2 is 1.88 bits per heavy atom. The minimum Gasteiger partial charge on any atom is -0.397 e. The van der Waals surface area contributed by atoms with E-state index in [1.807, 2.05) is 12.1 Å². The molecule has 2 N–H and O–H groups in total. The van der Waals surface area contributed by atoms with E-state index >= 15 is 0 Å². The number of hydrogen-bond donors (Lipinski definition) is 1. The maximum atomic E-state index is 5.96. The van der Waals surface area contributed by atoms with Gasteiger partial charge in [-0.2, -0.15) is 0 Å². The quantitative estimate of drug-likeness (QED) is 0.735. The van der Waals surface area contributed by atoms with E-state index < -0.39 is 0 Å². The van der Waals surface area contributed by atoms with Gasteiger partial charge in [-0.05, 0) is 25.0 Å². The molecule has 1 saturated carbocycles. The first-order chi connectivity index (χ1) is 7.84. The van der Waals surface area contributed by atoms with Gasteiger partial charge in [0.1, 0.15) is 0 Å². The van der Waals surface area contributed by atoms with Crippen LogP contribution in [0.3, 0.4) is 0 Å². The molecule has 2 heteroatoms. The number of nitrogen functional groups attached to an aromatic ring is 1. The molecule has 0 unspecified atom stereocenters. The van der Waals surface area contributed by atoms with Crippen LogP contribution in [0.15, 0.2) is 30.3 Å². The fourth-order valence-corrected chi connectivity index (χ4v) is 2.63. The number of hydrogen-bond acceptors (Lipinski definition) is 2. The van der Waals surface area contributed by atoms with Crippen LogP contribution in [0.4, 0.5) is 5.69 Å². The number of fused-ring (bicyclic) bond motifs is 1. The lowest BCUT2D eigenvalue weighted by molar-refractivity contribution is 0.701. The third-order valence-corrected chi connectivity index (χ3v) is 3.55. The highest BCUT2D eigenvalue weighted by atomic mass is 14.7. The van der Waals surface area contributed by atoms with Gasteiger partial charge in [0, 0.05) is 17.0 Å². The Morgan fingerprint density at radius 1 is 1.06 bits per heavy atom. The van der Waals surface area contributed by atoms with Gasteiger partial charge in [0.05, 0.1) is 11.2 Å². The summed E-state index contributed by atoms with van der Waals surface area (Å²) >= 11 is 0. The highest BCUT2D eigenvalue weighted by Gasteiger charge is 2.18. The summed E-state index contributed by atoms with van der Waals surface area (Å²) < 4.78 is 0. The lowest BCUT2D eigenvalue weighted by Crippen LogP contribution is -1.98. The van der Waals surface area contributed by atoms with E-state index in [1.165, 1.54) is 31.4 Å². The van der Waals surface area contributed by atoms with E-state index in [0.29, 0.717) is 5.92 Å². The standard InChI is InChI=1S/C14H16N2/c15-12-7-3-6-11-8-9-13(16-14(11)12)10-4-1-2-5-10/h3,6-10H,1-2,4-5,15H2. The molecule has 1 fully saturated rings. The molecular formula is C14H16N2. The topological polar surface area (TPSA) is 38.9 Å². The predicted molar refractivity (Wildman–Crippen MR) is 67.4 cm³/mol. The van der Waals surface area contributed by atoms with Crippen molar-refractivity contribution >= 4 is 16.6 Å².